The summed E-state index contributed by atoms with van der Waals surface area (Å²) in [4.78, 5) is 26.4. The Hall–Kier alpha value is -2.33. The lowest BCUT2D eigenvalue weighted by Gasteiger charge is -2.33. The molecule has 9 nitrogen and oxygen atoms in total. The van der Waals surface area contributed by atoms with Crippen LogP contribution in [0.2, 0.25) is 0 Å². The van der Waals surface area contributed by atoms with Gasteiger partial charge < -0.3 is 19.3 Å². The monoisotopic (exact) mass is 383 g/mol. The quantitative estimate of drug-likeness (QED) is 0.613. The summed E-state index contributed by atoms with van der Waals surface area (Å²) < 4.78 is 35.9. The molecule has 0 bridgehead atoms. The third-order valence-electron chi connectivity index (χ3n) is 4.39. The molecule has 0 unspecified atom stereocenters. The van der Waals surface area contributed by atoms with Crippen LogP contribution < -0.4 is 9.47 Å². The highest BCUT2D eigenvalue weighted by Crippen LogP contribution is 2.32. The first-order valence-corrected chi connectivity index (χ1v) is 10.0. The van der Waals surface area contributed by atoms with E-state index in [0.29, 0.717) is 43.2 Å². The molecule has 2 heterocycles. The first kappa shape index (κ1) is 18.5. The van der Waals surface area contributed by atoms with Gasteiger partial charge in [0.05, 0.1) is 12.8 Å². The maximum atomic E-state index is 12.5. The van der Waals surface area contributed by atoms with Gasteiger partial charge in [-0.05, 0) is 17.7 Å². The van der Waals surface area contributed by atoms with Crippen molar-refractivity contribution in [3.05, 3.63) is 23.8 Å². The lowest BCUT2D eigenvalue weighted by atomic mass is 10.2. The summed E-state index contributed by atoms with van der Waals surface area (Å²) in [5, 5.41) is 0. The molecule has 1 aromatic carbocycles. The van der Waals surface area contributed by atoms with Gasteiger partial charge in [-0.25, -0.2) is 8.42 Å². The van der Waals surface area contributed by atoms with E-state index in [1.54, 1.807) is 28.0 Å². The molecule has 26 heavy (non-hydrogen) atoms. The van der Waals surface area contributed by atoms with E-state index in [-0.39, 0.29) is 25.8 Å². The van der Waals surface area contributed by atoms with Crippen molar-refractivity contribution in [3.63, 3.8) is 0 Å². The highest BCUT2D eigenvalue weighted by atomic mass is 32.2. The van der Waals surface area contributed by atoms with Crippen LogP contribution in [0.5, 0.6) is 11.5 Å². The number of carbonyl (C=O) groups excluding carboxylic acids is 2. The number of fused-ring (bicyclic) bond motifs is 1. The fourth-order valence-corrected chi connectivity index (χ4v) is 3.59. The predicted molar refractivity (Wildman–Crippen MR) is 92.0 cm³/mol. The minimum atomic E-state index is -3.58. The Bertz CT molecular complexity index is 789. The molecule has 0 aliphatic carbocycles. The van der Waals surface area contributed by atoms with Crippen LogP contribution in [0.1, 0.15) is 5.56 Å². The van der Waals surface area contributed by atoms with Crippen LogP contribution in [0.25, 0.3) is 0 Å². The van der Waals surface area contributed by atoms with Gasteiger partial charge >= 0.3 is 0 Å². The van der Waals surface area contributed by atoms with E-state index in [1.807, 2.05) is 0 Å². The fourth-order valence-electron chi connectivity index (χ4n) is 2.86. The second-order valence-corrected chi connectivity index (χ2v) is 8.22. The van der Waals surface area contributed by atoms with Crippen LogP contribution in [0.3, 0.4) is 0 Å². The van der Waals surface area contributed by atoms with Crippen molar-refractivity contribution < 1.29 is 27.5 Å². The minimum absolute atomic E-state index is 0.0650. The molecule has 10 heteroatoms. The van der Waals surface area contributed by atoms with Gasteiger partial charge in [-0.3, -0.25) is 9.59 Å². The van der Waals surface area contributed by atoms with E-state index in [9.17, 15) is 18.0 Å². The van der Waals surface area contributed by atoms with E-state index in [4.69, 9.17) is 9.47 Å². The van der Waals surface area contributed by atoms with E-state index < -0.39 is 10.0 Å². The number of piperazine rings is 1. The Kier molecular flexibility index (Phi) is 5.33. The SMILES string of the molecule is CS(=O)(=O)N(CC(=O)N1CCN(C=O)CC1)Cc1ccc2c(c1)OCO2. The number of carbonyl (C=O) groups is 2. The van der Waals surface area contributed by atoms with Crippen LogP contribution in [-0.4, -0.2) is 80.6 Å². The van der Waals surface area contributed by atoms with Crippen LogP contribution in [0.4, 0.5) is 0 Å². The Balaban J connectivity index is 1.67. The molecule has 1 fully saturated rings. The van der Waals surface area contributed by atoms with E-state index in [1.165, 1.54) is 0 Å². The molecule has 2 aliphatic rings. The van der Waals surface area contributed by atoms with Crippen molar-refractivity contribution in [2.45, 2.75) is 6.54 Å². The van der Waals surface area contributed by atoms with Crippen LogP contribution in [0.15, 0.2) is 18.2 Å². The lowest BCUT2D eigenvalue weighted by Crippen LogP contribution is -2.51. The number of benzene rings is 1. The van der Waals surface area contributed by atoms with Gasteiger partial charge in [0.1, 0.15) is 0 Å². The molecule has 142 valence electrons. The molecule has 0 N–H and O–H groups in total. The molecule has 0 spiro atoms. The number of hydrogen-bond donors (Lipinski definition) is 0. The Morgan fingerprint density at radius 3 is 2.54 bits per heavy atom. The number of sulfonamides is 1. The Morgan fingerprint density at radius 2 is 1.88 bits per heavy atom. The maximum Gasteiger partial charge on any atom is 0.238 e. The summed E-state index contributed by atoms with van der Waals surface area (Å²) in [5.74, 6) is 0.901. The third kappa shape index (κ3) is 4.25. The molecular weight excluding hydrogens is 362 g/mol. The number of amides is 2. The molecule has 3 rings (SSSR count). The standard InChI is InChI=1S/C16H21N3O6S/c1-26(22,23)19(9-13-2-3-14-15(8-13)25-12-24-14)10-16(21)18-6-4-17(11-20)5-7-18/h2-3,8,11H,4-7,9-10,12H2,1H3. The summed E-state index contributed by atoms with van der Waals surface area (Å²) in [6, 6.07) is 5.19. The van der Waals surface area contributed by atoms with Crippen molar-refractivity contribution in [1.82, 2.24) is 14.1 Å². The number of nitrogens with zero attached hydrogens (tertiary/aromatic N) is 3. The van der Waals surface area contributed by atoms with Crippen molar-refractivity contribution in [2.75, 3.05) is 45.8 Å². The molecule has 2 amide bonds. The highest BCUT2D eigenvalue weighted by molar-refractivity contribution is 7.88. The number of ether oxygens (including phenoxy) is 2. The zero-order valence-corrected chi connectivity index (χ0v) is 15.3. The van der Waals surface area contributed by atoms with Crippen molar-refractivity contribution in [2.24, 2.45) is 0 Å². The van der Waals surface area contributed by atoms with Gasteiger partial charge in [-0.2, -0.15) is 4.31 Å². The van der Waals surface area contributed by atoms with Crippen molar-refractivity contribution in [1.29, 1.82) is 0 Å². The molecule has 1 saturated heterocycles. The molecule has 0 saturated carbocycles. The first-order chi connectivity index (χ1) is 12.4. The summed E-state index contributed by atoms with van der Waals surface area (Å²) in [6.45, 7) is 1.68. The van der Waals surface area contributed by atoms with Crippen LogP contribution in [0, 0.1) is 0 Å². The number of rotatable bonds is 6. The topological polar surface area (TPSA) is 96.5 Å². The lowest BCUT2D eigenvalue weighted by molar-refractivity contribution is -0.135. The summed E-state index contributed by atoms with van der Waals surface area (Å²) >= 11 is 0. The summed E-state index contributed by atoms with van der Waals surface area (Å²) in [6.07, 6.45) is 1.84. The third-order valence-corrected chi connectivity index (χ3v) is 5.59. The van der Waals surface area contributed by atoms with Gasteiger partial charge in [-0.15, -0.1) is 0 Å². The van der Waals surface area contributed by atoms with Gasteiger partial charge in [0, 0.05) is 32.7 Å². The van der Waals surface area contributed by atoms with Crippen molar-refractivity contribution in [3.8, 4) is 11.5 Å². The molecule has 2 aliphatic heterocycles. The molecule has 0 aromatic heterocycles. The van der Waals surface area contributed by atoms with Crippen LogP contribution >= 0.6 is 0 Å². The van der Waals surface area contributed by atoms with E-state index in [0.717, 1.165) is 17.0 Å². The molecule has 0 radical (unpaired) electrons. The van der Waals surface area contributed by atoms with E-state index >= 15 is 0 Å². The number of hydrogen-bond acceptors (Lipinski definition) is 6. The second-order valence-electron chi connectivity index (χ2n) is 6.24. The highest BCUT2D eigenvalue weighted by Gasteiger charge is 2.26. The normalized spacial score (nSPS) is 16.8. The molecule has 0 atom stereocenters. The predicted octanol–water partition coefficient (Wildman–Crippen LogP) is -0.522. The summed E-state index contributed by atoms with van der Waals surface area (Å²) in [7, 11) is -3.58. The largest absolute Gasteiger partial charge is 0.454 e. The maximum absolute atomic E-state index is 12.5. The molecular formula is C16H21N3O6S. The second kappa shape index (κ2) is 7.50. The molecule has 1 aromatic rings. The Morgan fingerprint density at radius 1 is 1.19 bits per heavy atom. The van der Waals surface area contributed by atoms with Crippen LogP contribution in [-0.2, 0) is 26.2 Å². The Labute approximate surface area is 152 Å². The zero-order chi connectivity index (χ0) is 18.7. The zero-order valence-electron chi connectivity index (χ0n) is 14.5. The minimum Gasteiger partial charge on any atom is -0.454 e. The summed E-state index contributed by atoms with van der Waals surface area (Å²) in [5.41, 5.74) is 0.707. The average molecular weight is 383 g/mol. The smallest absolute Gasteiger partial charge is 0.238 e. The fraction of sp³-hybridized carbons (Fsp3) is 0.500. The van der Waals surface area contributed by atoms with Crippen molar-refractivity contribution >= 4 is 22.3 Å². The van der Waals surface area contributed by atoms with Gasteiger partial charge in [0.15, 0.2) is 11.5 Å². The van der Waals surface area contributed by atoms with E-state index in [2.05, 4.69) is 0 Å². The first-order valence-electron chi connectivity index (χ1n) is 8.17. The average Bonchev–Trinajstić information content (AvgIpc) is 3.08. The van der Waals surface area contributed by atoms with Gasteiger partial charge in [0.25, 0.3) is 0 Å². The van der Waals surface area contributed by atoms with Gasteiger partial charge in [0.2, 0.25) is 29.1 Å². The van der Waals surface area contributed by atoms with Gasteiger partial charge in [-0.1, -0.05) is 6.07 Å².